The Morgan fingerprint density at radius 3 is 2.55 bits per heavy atom. The molecule has 8 heteroatoms. The molecule has 0 bridgehead atoms. The number of hydrogen-bond donors (Lipinski definition) is 1. The number of benzene rings is 2. The Morgan fingerprint density at radius 1 is 1.10 bits per heavy atom. The van der Waals surface area contributed by atoms with Gasteiger partial charge in [-0.15, -0.1) is 0 Å². The summed E-state index contributed by atoms with van der Waals surface area (Å²) in [6, 6.07) is 11.0. The molecule has 3 rings (SSSR count). The molecule has 1 aliphatic rings. The number of anilines is 1. The highest BCUT2D eigenvalue weighted by atomic mass is 16.5. The van der Waals surface area contributed by atoms with Crippen LogP contribution in [0.2, 0.25) is 0 Å². The maximum absolute atomic E-state index is 12.2. The fraction of sp³-hybridized carbons (Fsp3) is 0.143. The van der Waals surface area contributed by atoms with Crippen molar-refractivity contribution in [3.8, 4) is 5.75 Å². The number of carbonyl (C=O) groups is 4. The van der Waals surface area contributed by atoms with E-state index in [1.165, 1.54) is 31.4 Å². The van der Waals surface area contributed by atoms with Gasteiger partial charge in [0.1, 0.15) is 5.75 Å². The average Bonchev–Trinajstić information content (AvgIpc) is 2.75. The first kappa shape index (κ1) is 19.8. The molecule has 8 nitrogen and oxygen atoms in total. The summed E-state index contributed by atoms with van der Waals surface area (Å²) in [4.78, 5) is 46.8. The van der Waals surface area contributed by atoms with Gasteiger partial charge in [0.15, 0.2) is 19.0 Å². The van der Waals surface area contributed by atoms with Gasteiger partial charge in [-0.3, -0.25) is 9.59 Å². The minimum absolute atomic E-state index is 0.0738. The summed E-state index contributed by atoms with van der Waals surface area (Å²) in [6.07, 6.45) is 2.68. The van der Waals surface area contributed by atoms with E-state index in [-0.39, 0.29) is 18.1 Å². The van der Waals surface area contributed by atoms with Crippen LogP contribution in [0.5, 0.6) is 5.75 Å². The third-order valence-electron chi connectivity index (χ3n) is 4.02. The van der Waals surface area contributed by atoms with Gasteiger partial charge in [0.05, 0.1) is 18.4 Å². The van der Waals surface area contributed by atoms with Crippen LogP contribution >= 0.6 is 0 Å². The number of nitrogens with one attached hydrogen (secondary N) is 1. The van der Waals surface area contributed by atoms with Crippen LogP contribution in [-0.4, -0.2) is 44.0 Å². The average molecular weight is 395 g/mol. The smallest absolute Gasteiger partial charge is 0.337 e. The monoisotopic (exact) mass is 395 g/mol. The summed E-state index contributed by atoms with van der Waals surface area (Å²) in [6.45, 7) is -0.520. The number of hydrogen-bond acceptors (Lipinski definition) is 7. The molecule has 0 saturated heterocycles. The molecule has 0 aliphatic carbocycles. The van der Waals surface area contributed by atoms with Crippen molar-refractivity contribution in [3.05, 3.63) is 65.2 Å². The molecule has 0 fully saturated rings. The van der Waals surface area contributed by atoms with Crippen molar-refractivity contribution in [1.29, 1.82) is 0 Å². The molecule has 0 atom stereocenters. The first-order valence-corrected chi connectivity index (χ1v) is 8.59. The first-order chi connectivity index (χ1) is 14.0. The van der Waals surface area contributed by atoms with Crippen molar-refractivity contribution < 1.29 is 33.4 Å². The number of fused-ring (bicyclic) bond motifs is 1. The Morgan fingerprint density at radius 2 is 1.83 bits per heavy atom. The van der Waals surface area contributed by atoms with Crippen molar-refractivity contribution in [2.24, 2.45) is 0 Å². The summed E-state index contributed by atoms with van der Waals surface area (Å²) >= 11 is 0. The van der Waals surface area contributed by atoms with Crippen LogP contribution < -0.4 is 10.1 Å². The van der Waals surface area contributed by atoms with E-state index < -0.39 is 24.3 Å². The van der Waals surface area contributed by atoms with Crippen molar-refractivity contribution in [2.45, 2.75) is 0 Å². The Labute approximate surface area is 166 Å². The predicted molar refractivity (Wildman–Crippen MR) is 103 cm³/mol. The molecule has 29 heavy (non-hydrogen) atoms. The zero-order chi connectivity index (χ0) is 20.8. The fourth-order valence-corrected chi connectivity index (χ4v) is 2.54. The Hall–Kier alpha value is -3.94. The number of amides is 1. The first-order valence-electron chi connectivity index (χ1n) is 8.59. The summed E-state index contributed by atoms with van der Waals surface area (Å²) in [5.41, 5.74) is 1.74. The summed E-state index contributed by atoms with van der Waals surface area (Å²) < 4.78 is 14.8. The van der Waals surface area contributed by atoms with Gasteiger partial charge in [-0.05, 0) is 42.0 Å². The second kappa shape index (κ2) is 8.83. The molecule has 1 aliphatic heterocycles. The van der Waals surface area contributed by atoms with Crippen LogP contribution in [0, 0.1) is 0 Å². The van der Waals surface area contributed by atoms with Crippen molar-refractivity contribution in [1.82, 2.24) is 0 Å². The molecule has 0 spiro atoms. The molecule has 0 aromatic heterocycles. The highest BCUT2D eigenvalue weighted by Crippen LogP contribution is 2.28. The van der Waals surface area contributed by atoms with Gasteiger partial charge in [-0.2, -0.15) is 0 Å². The minimum atomic E-state index is -0.690. The van der Waals surface area contributed by atoms with Crippen LogP contribution in [-0.2, 0) is 19.1 Å². The van der Waals surface area contributed by atoms with Crippen LogP contribution in [0.1, 0.15) is 26.3 Å². The molecule has 0 radical (unpaired) electrons. The number of ether oxygens (including phenoxy) is 3. The summed E-state index contributed by atoms with van der Waals surface area (Å²) in [5, 5.41) is 2.61. The van der Waals surface area contributed by atoms with Crippen LogP contribution in [0.25, 0.3) is 6.08 Å². The standard InChI is InChI=1S/C21H17NO7/c1-27-21(26)14-5-2-13(3-6-14)4-9-20(25)29-11-17(23)15-7-8-18-16(10-15)22-19(24)12-28-18/h2-10H,11-12H2,1H3,(H,22,24)/b9-4+. The lowest BCUT2D eigenvalue weighted by atomic mass is 10.1. The van der Waals surface area contributed by atoms with E-state index in [1.54, 1.807) is 30.3 Å². The molecular weight excluding hydrogens is 378 g/mol. The lowest BCUT2D eigenvalue weighted by Crippen LogP contribution is -2.25. The van der Waals surface area contributed by atoms with Crippen molar-refractivity contribution >= 4 is 35.4 Å². The second-order valence-corrected chi connectivity index (χ2v) is 6.03. The molecule has 1 amide bonds. The predicted octanol–water partition coefficient (Wildman–Crippen LogP) is 2.24. The molecular formula is C21H17NO7. The quantitative estimate of drug-likeness (QED) is 0.454. The molecule has 1 N–H and O–H groups in total. The Kier molecular flexibility index (Phi) is 6.03. The lowest BCUT2D eigenvalue weighted by molar-refractivity contribution is -0.136. The van der Waals surface area contributed by atoms with E-state index in [9.17, 15) is 19.2 Å². The number of methoxy groups -OCH3 is 1. The molecule has 0 unspecified atom stereocenters. The van der Waals surface area contributed by atoms with E-state index in [0.717, 1.165) is 0 Å². The third kappa shape index (κ3) is 5.07. The highest BCUT2D eigenvalue weighted by Gasteiger charge is 2.18. The van der Waals surface area contributed by atoms with Crippen LogP contribution in [0.3, 0.4) is 0 Å². The van der Waals surface area contributed by atoms with Gasteiger partial charge in [-0.1, -0.05) is 12.1 Å². The Balaban J connectivity index is 1.54. The Bertz CT molecular complexity index is 993. The molecule has 2 aromatic rings. The van der Waals surface area contributed by atoms with E-state index in [0.29, 0.717) is 22.6 Å². The number of Topliss-reactive ketones (excluding diaryl/α,β-unsaturated/α-hetero) is 1. The van der Waals surface area contributed by atoms with Gasteiger partial charge >= 0.3 is 11.9 Å². The molecule has 1 heterocycles. The fourth-order valence-electron chi connectivity index (χ4n) is 2.54. The molecule has 2 aromatic carbocycles. The second-order valence-electron chi connectivity index (χ2n) is 6.03. The topological polar surface area (TPSA) is 108 Å². The van der Waals surface area contributed by atoms with E-state index in [2.05, 4.69) is 10.1 Å². The largest absolute Gasteiger partial charge is 0.482 e. The minimum Gasteiger partial charge on any atom is -0.482 e. The normalized spacial score (nSPS) is 12.5. The molecule has 0 saturated carbocycles. The maximum Gasteiger partial charge on any atom is 0.337 e. The SMILES string of the molecule is COC(=O)c1ccc(/C=C/C(=O)OCC(=O)c2ccc3c(c2)NC(=O)CO3)cc1. The van der Waals surface area contributed by atoms with Gasteiger partial charge in [0, 0.05) is 11.6 Å². The lowest BCUT2D eigenvalue weighted by Gasteiger charge is -2.18. The number of rotatable bonds is 6. The highest BCUT2D eigenvalue weighted by molar-refractivity contribution is 6.02. The van der Waals surface area contributed by atoms with Gasteiger partial charge in [-0.25, -0.2) is 9.59 Å². The maximum atomic E-state index is 12.2. The number of esters is 2. The van der Waals surface area contributed by atoms with E-state index in [1.807, 2.05) is 0 Å². The van der Waals surface area contributed by atoms with Crippen LogP contribution in [0.15, 0.2) is 48.5 Å². The van der Waals surface area contributed by atoms with Crippen molar-refractivity contribution in [3.63, 3.8) is 0 Å². The van der Waals surface area contributed by atoms with Gasteiger partial charge < -0.3 is 19.5 Å². The zero-order valence-corrected chi connectivity index (χ0v) is 15.5. The van der Waals surface area contributed by atoms with Crippen molar-refractivity contribution in [2.75, 3.05) is 25.6 Å². The van der Waals surface area contributed by atoms with E-state index >= 15 is 0 Å². The summed E-state index contributed by atoms with van der Waals surface area (Å²) in [5.74, 6) is -1.40. The number of ketones is 1. The summed E-state index contributed by atoms with van der Waals surface area (Å²) in [7, 11) is 1.29. The number of carbonyl (C=O) groups excluding carboxylic acids is 4. The zero-order valence-electron chi connectivity index (χ0n) is 15.5. The third-order valence-corrected chi connectivity index (χ3v) is 4.02. The van der Waals surface area contributed by atoms with E-state index in [4.69, 9.17) is 9.47 Å². The van der Waals surface area contributed by atoms with Crippen LogP contribution in [0.4, 0.5) is 5.69 Å². The van der Waals surface area contributed by atoms with Gasteiger partial charge in [0.25, 0.3) is 5.91 Å². The van der Waals surface area contributed by atoms with Gasteiger partial charge in [0.2, 0.25) is 0 Å². The molecule has 148 valence electrons.